The average molecular weight is 342 g/mol. The summed E-state index contributed by atoms with van der Waals surface area (Å²) in [5.41, 5.74) is 6.67. The van der Waals surface area contributed by atoms with Crippen LogP contribution in [0.1, 0.15) is 18.3 Å². The summed E-state index contributed by atoms with van der Waals surface area (Å²) in [6, 6.07) is 3.91. The number of nitrogens with zero attached hydrogens (tertiary/aromatic N) is 2. The summed E-state index contributed by atoms with van der Waals surface area (Å²) < 4.78 is 16.8. The van der Waals surface area contributed by atoms with Crippen molar-refractivity contribution in [2.24, 2.45) is 5.73 Å². The van der Waals surface area contributed by atoms with Gasteiger partial charge >= 0.3 is 0 Å². The molecule has 0 amide bonds. The molecule has 0 fully saturated rings. The van der Waals surface area contributed by atoms with E-state index in [1.807, 2.05) is 19.1 Å². The molecule has 1 aromatic carbocycles. The second-order valence-corrected chi connectivity index (χ2v) is 4.87. The predicted octanol–water partition coefficient (Wildman–Crippen LogP) is 2.31. The molecule has 0 aliphatic rings. The Balaban J connectivity index is 2.20. The number of rotatable bonds is 7. The first kappa shape index (κ1) is 14.8. The summed E-state index contributed by atoms with van der Waals surface area (Å²) in [5.74, 6) is 1.77. The van der Waals surface area contributed by atoms with Gasteiger partial charge in [-0.2, -0.15) is 4.98 Å². The molecule has 20 heavy (non-hydrogen) atoms. The van der Waals surface area contributed by atoms with E-state index in [0.717, 1.165) is 16.5 Å². The first-order valence-corrected chi connectivity index (χ1v) is 7.07. The molecular formula is C13H16BrN3O3. The molecule has 0 aliphatic carbocycles. The molecule has 0 aliphatic heterocycles. The van der Waals surface area contributed by atoms with Crippen molar-refractivity contribution in [3.8, 4) is 11.5 Å². The SMILES string of the molecule is CCOc1cc(CCN)cc(Br)c1OCc1ncon1. The summed E-state index contributed by atoms with van der Waals surface area (Å²) in [7, 11) is 0. The minimum Gasteiger partial charge on any atom is -0.490 e. The van der Waals surface area contributed by atoms with Gasteiger partial charge in [-0.3, -0.25) is 0 Å². The van der Waals surface area contributed by atoms with Gasteiger partial charge < -0.3 is 19.7 Å². The summed E-state index contributed by atoms with van der Waals surface area (Å²) in [5, 5.41) is 3.70. The first-order chi connectivity index (χ1) is 9.74. The Morgan fingerprint density at radius 2 is 2.20 bits per heavy atom. The van der Waals surface area contributed by atoms with E-state index in [9.17, 15) is 0 Å². The van der Waals surface area contributed by atoms with E-state index in [1.54, 1.807) is 0 Å². The van der Waals surface area contributed by atoms with E-state index in [0.29, 0.717) is 30.5 Å². The van der Waals surface area contributed by atoms with Gasteiger partial charge in [-0.15, -0.1) is 0 Å². The van der Waals surface area contributed by atoms with Crippen LogP contribution in [0.5, 0.6) is 11.5 Å². The van der Waals surface area contributed by atoms with E-state index in [2.05, 4.69) is 30.6 Å². The zero-order chi connectivity index (χ0) is 14.4. The van der Waals surface area contributed by atoms with Gasteiger partial charge in [0.25, 0.3) is 0 Å². The highest BCUT2D eigenvalue weighted by Gasteiger charge is 2.13. The second-order valence-electron chi connectivity index (χ2n) is 4.01. The van der Waals surface area contributed by atoms with Crippen LogP contribution in [0, 0.1) is 0 Å². The van der Waals surface area contributed by atoms with Gasteiger partial charge in [0.05, 0.1) is 11.1 Å². The third-order valence-electron chi connectivity index (χ3n) is 2.55. The maximum absolute atomic E-state index is 5.71. The Bertz CT molecular complexity index is 546. The quantitative estimate of drug-likeness (QED) is 0.831. The van der Waals surface area contributed by atoms with E-state index in [-0.39, 0.29) is 6.61 Å². The number of ether oxygens (including phenoxy) is 2. The van der Waals surface area contributed by atoms with E-state index < -0.39 is 0 Å². The van der Waals surface area contributed by atoms with Crippen LogP contribution in [0.15, 0.2) is 27.5 Å². The summed E-state index contributed by atoms with van der Waals surface area (Å²) >= 11 is 3.49. The highest BCUT2D eigenvalue weighted by Crippen LogP contribution is 2.37. The summed E-state index contributed by atoms with van der Waals surface area (Å²) in [6.07, 6.45) is 2.05. The van der Waals surface area contributed by atoms with E-state index in [4.69, 9.17) is 15.2 Å². The lowest BCUT2D eigenvalue weighted by atomic mass is 10.1. The molecule has 2 rings (SSSR count). The lowest BCUT2D eigenvalue weighted by molar-refractivity contribution is 0.256. The number of halogens is 1. The van der Waals surface area contributed by atoms with Crippen LogP contribution < -0.4 is 15.2 Å². The van der Waals surface area contributed by atoms with Crippen molar-refractivity contribution < 1.29 is 14.0 Å². The van der Waals surface area contributed by atoms with E-state index >= 15 is 0 Å². The lowest BCUT2D eigenvalue weighted by Gasteiger charge is -2.14. The van der Waals surface area contributed by atoms with Gasteiger partial charge in [0.15, 0.2) is 18.1 Å². The summed E-state index contributed by atoms with van der Waals surface area (Å²) in [4.78, 5) is 3.91. The maximum atomic E-state index is 5.71. The first-order valence-electron chi connectivity index (χ1n) is 6.28. The number of nitrogens with two attached hydrogens (primary N) is 1. The normalized spacial score (nSPS) is 10.6. The molecule has 108 valence electrons. The molecule has 1 aromatic heterocycles. The molecule has 2 N–H and O–H groups in total. The van der Waals surface area contributed by atoms with Crippen molar-refractivity contribution in [3.63, 3.8) is 0 Å². The zero-order valence-corrected chi connectivity index (χ0v) is 12.7. The number of hydrogen-bond donors (Lipinski definition) is 1. The van der Waals surface area contributed by atoms with Crippen LogP contribution in [0.25, 0.3) is 0 Å². The summed E-state index contributed by atoms with van der Waals surface area (Å²) in [6.45, 7) is 3.27. The molecule has 6 nitrogen and oxygen atoms in total. The van der Waals surface area contributed by atoms with Gasteiger partial charge in [0.2, 0.25) is 12.2 Å². The Kier molecular flexibility index (Phi) is 5.37. The number of benzene rings is 1. The molecule has 1 heterocycles. The Morgan fingerprint density at radius 1 is 1.35 bits per heavy atom. The van der Waals surface area contributed by atoms with Gasteiger partial charge in [-0.05, 0) is 53.5 Å². The van der Waals surface area contributed by atoms with Crippen LogP contribution in [0.3, 0.4) is 0 Å². The molecule has 0 saturated heterocycles. The fourth-order valence-electron chi connectivity index (χ4n) is 1.73. The maximum Gasteiger partial charge on any atom is 0.213 e. The molecule has 2 aromatic rings. The highest BCUT2D eigenvalue weighted by atomic mass is 79.9. The lowest BCUT2D eigenvalue weighted by Crippen LogP contribution is -2.05. The molecule has 7 heteroatoms. The van der Waals surface area contributed by atoms with Gasteiger partial charge in [-0.1, -0.05) is 5.16 Å². The largest absolute Gasteiger partial charge is 0.490 e. The van der Waals surface area contributed by atoms with Gasteiger partial charge in [0, 0.05) is 0 Å². The minimum absolute atomic E-state index is 0.214. The third-order valence-corrected chi connectivity index (χ3v) is 3.14. The van der Waals surface area contributed by atoms with Crippen molar-refractivity contribution in [2.75, 3.05) is 13.2 Å². The van der Waals surface area contributed by atoms with Crippen LogP contribution in [0.2, 0.25) is 0 Å². The Labute approximate surface area is 125 Å². The van der Waals surface area contributed by atoms with Crippen LogP contribution in [-0.2, 0) is 13.0 Å². The van der Waals surface area contributed by atoms with Gasteiger partial charge in [0.1, 0.15) is 0 Å². The molecule has 0 atom stereocenters. The Hall–Kier alpha value is -1.60. The Morgan fingerprint density at radius 3 is 2.85 bits per heavy atom. The standard InChI is InChI=1S/C13H16BrN3O3/c1-2-18-11-6-9(3-4-15)5-10(14)13(11)19-7-12-16-8-20-17-12/h5-6,8H,2-4,7,15H2,1H3. The van der Waals surface area contributed by atoms with Crippen LogP contribution >= 0.6 is 15.9 Å². The molecule has 0 unspecified atom stereocenters. The molecule has 0 bridgehead atoms. The number of aromatic nitrogens is 2. The second kappa shape index (κ2) is 7.25. The molecule has 0 radical (unpaired) electrons. The highest BCUT2D eigenvalue weighted by molar-refractivity contribution is 9.10. The van der Waals surface area contributed by atoms with Crippen molar-refractivity contribution in [2.45, 2.75) is 20.0 Å². The van der Waals surface area contributed by atoms with Crippen molar-refractivity contribution in [1.82, 2.24) is 10.1 Å². The molecule has 0 spiro atoms. The minimum atomic E-state index is 0.214. The van der Waals surface area contributed by atoms with Crippen LogP contribution in [-0.4, -0.2) is 23.3 Å². The predicted molar refractivity (Wildman–Crippen MR) is 76.7 cm³/mol. The van der Waals surface area contributed by atoms with Gasteiger partial charge in [-0.25, -0.2) is 0 Å². The molecule has 0 saturated carbocycles. The molecular weight excluding hydrogens is 326 g/mol. The monoisotopic (exact) mass is 341 g/mol. The van der Waals surface area contributed by atoms with E-state index in [1.165, 1.54) is 6.39 Å². The van der Waals surface area contributed by atoms with Crippen LogP contribution in [0.4, 0.5) is 0 Å². The topological polar surface area (TPSA) is 83.4 Å². The number of hydrogen-bond acceptors (Lipinski definition) is 6. The third kappa shape index (κ3) is 3.71. The smallest absolute Gasteiger partial charge is 0.213 e. The fraction of sp³-hybridized carbons (Fsp3) is 0.385. The fourth-order valence-corrected chi connectivity index (χ4v) is 2.33. The van der Waals surface area contributed by atoms with Crippen molar-refractivity contribution in [1.29, 1.82) is 0 Å². The average Bonchev–Trinajstić information content (AvgIpc) is 2.92. The van der Waals surface area contributed by atoms with Crippen molar-refractivity contribution >= 4 is 15.9 Å². The zero-order valence-electron chi connectivity index (χ0n) is 11.1. The van der Waals surface area contributed by atoms with Crippen molar-refractivity contribution in [3.05, 3.63) is 34.4 Å².